The van der Waals surface area contributed by atoms with E-state index in [1.165, 1.54) is 6.92 Å². The fourth-order valence-corrected chi connectivity index (χ4v) is 2.03. The maximum atomic E-state index is 12.0. The number of anilines is 1. The van der Waals surface area contributed by atoms with E-state index in [1.54, 1.807) is 35.0 Å². The highest BCUT2D eigenvalue weighted by Crippen LogP contribution is 2.29. The van der Waals surface area contributed by atoms with E-state index in [0.717, 1.165) is 0 Å². The minimum absolute atomic E-state index is 0.0411. The van der Waals surface area contributed by atoms with Crippen molar-refractivity contribution >= 4 is 17.5 Å². The largest absolute Gasteiger partial charge is 0.321 e. The van der Waals surface area contributed by atoms with Crippen LogP contribution in [-0.4, -0.2) is 29.9 Å². The molecule has 1 aromatic rings. The summed E-state index contributed by atoms with van der Waals surface area (Å²) >= 11 is 0. The van der Waals surface area contributed by atoms with Gasteiger partial charge in [-0.2, -0.15) is 0 Å². The molecule has 1 unspecified atom stereocenters. The van der Waals surface area contributed by atoms with Gasteiger partial charge >= 0.3 is 0 Å². The number of carbonyl (C=O) groups excluding carboxylic acids is 2. The molecule has 1 aromatic carbocycles. The smallest absolute Gasteiger partial charge is 0.257 e. The molecule has 0 saturated heterocycles. The van der Waals surface area contributed by atoms with Crippen LogP contribution in [0.2, 0.25) is 0 Å². The van der Waals surface area contributed by atoms with Gasteiger partial charge in [-0.1, -0.05) is 12.1 Å². The Morgan fingerprint density at radius 3 is 2.56 bits per heavy atom. The Kier molecular flexibility index (Phi) is 2.42. The molecule has 2 amide bonds. The number of hydrogen-bond donors (Lipinski definition) is 0. The molecule has 0 aliphatic carbocycles. The predicted molar refractivity (Wildman–Crippen MR) is 61.2 cm³/mol. The molecule has 16 heavy (non-hydrogen) atoms. The summed E-state index contributed by atoms with van der Waals surface area (Å²) in [4.78, 5) is 26.8. The number of benzene rings is 1. The molecule has 0 N–H and O–H groups in total. The first-order valence-corrected chi connectivity index (χ1v) is 5.20. The first-order chi connectivity index (χ1) is 7.54. The maximum absolute atomic E-state index is 12.0. The number of amides is 2. The molecule has 1 aliphatic rings. The van der Waals surface area contributed by atoms with Crippen molar-refractivity contribution in [3.8, 4) is 0 Å². The third-order valence-electron chi connectivity index (χ3n) is 2.99. The number of rotatable bonds is 0. The molecule has 1 heterocycles. The summed E-state index contributed by atoms with van der Waals surface area (Å²) in [6.45, 7) is 3.35. The van der Waals surface area contributed by atoms with Crippen LogP contribution in [0.1, 0.15) is 24.2 Å². The number of para-hydroxylation sites is 1. The third kappa shape index (κ3) is 1.38. The molecule has 0 saturated carbocycles. The monoisotopic (exact) mass is 218 g/mol. The van der Waals surface area contributed by atoms with Gasteiger partial charge in [0.15, 0.2) is 0 Å². The van der Waals surface area contributed by atoms with Gasteiger partial charge in [0.05, 0.1) is 11.3 Å². The second kappa shape index (κ2) is 3.63. The third-order valence-corrected chi connectivity index (χ3v) is 2.99. The van der Waals surface area contributed by atoms with Crippen molar-refractivity contribution in [3.05, 3.63) is 29.8 Å². The highest BCUT2D eigenvalue weighted by atomic mass is 16.2. The zero-order chi connectivity index (χ0) is 11.9. The van der Waals surface area contributed by atoms with Crippen LogP contribution in [0.4, 0.5) is 5.69 Å². The first-order valence-electron chi connectivity index (χ1n) is 5.20. The lowest BCUT2D eigenvalue weighted by atomic mass is 10.1. The maximum Gasteiger partial charge on any atom is 0.257 e. The molecule has 1 atom stereocenters. The lowest BCUT2D eigenvalue weighted by Crippen LogP contribution is -2.53. The van der Waals surface area contributed by atoms with Crippen molar-refractivity contribution in [1.29, 1.82) is 0 Å². The van der Waals surface area contributed by atoms with Gasteiger partial charge in [-0.15, -0.1) is 0 Å². The standard InChI is InChI=1S/C12H14N2O2/c1-8-13(3)12(16)10-6-4-5-7-11(10)14(8)9(2)15/h4-8H,1-3H3. The van der Waals surface area contributed by atoms with E-state index in [2.05, 4.69) is 0 Å². The highest BCUT2D eigenvalue weighted by Gasteiger charge is 2.34. The van der Waals surface area contributed by atoms with E-state index >= 15 is 0 Å². The van der Waals surface area contributed by atoms with Crippen molar-refractivity contribution in [1.82, 2.24) is 4.90 Å². The summed E-state index contributed by atoms with van der Waals surface area (Å²) in [5, 5.41) is 0. The molecule has 84 valence electrons. The van der Waals surface area contributed by atoms with Crippen molar-refractivity contribution < 1.29 is 9.59 Å². The van der Waals surface area contributed by atoms with Crippen LogP contribution in [0.25, 0.3) is 0 Å². The zero-order valence-electron chi connectivity index (χ0n) is 9.60. The summed E-state index contributed by atoms with van der Waals surface area (Å²) in [7, 11) is 1.71. The van der Waals surface area contributed by atoms with E-state index in [1.807, 2.05) is 13.0 Å². The first kappa shape index (κ1) is 10.7. The second-order valence-electron chi connectivity index (χ2n) is 3.95. The van der Waals surface area contributed by atoms with Crippen LogP contribution in [0.3, 0.4) is 0 Å². The van der Waals surface area contributed by atoms with Gasteiger partial charge in [-0.25, -0.2) is 0 Å². The Hall–Kier alpha value is -1.84. The van der Waals surface area contributed by atoms with E-state index in [0.29, 0.717) is 11.3 Å². The van der Waals surface area contributed by atoms with Gasteiger partial charge in [-0.3, -0.25) is 14.5 Å². The Morgan fingerprint density at radius 1 is 1.31 bits per heavy atom. The zero-order valence-corrected chi connectivity index (χ0v) is 9.60. The summed E-state index contributed by atoms with van der Waals surface area (Å²) < 4.78 is 0. The van der Waals surface area contributed by atoms with Crippen LogP contribution in [0.5, 0.6) is 0 Å². The van der Waals surface area contributed by atoms with E-state index < -0.39 is 0 Å². The molecule has 2 rings (SSSR count). The quantitative estimate of drug-likeness (QED) is 0.661. The van der Waals surface area contributed by atoms with Gasteiger partial charge in [0, 0.05) is 14.0 Å². The molecule has 4 nitrogen and oxygen atoms in total. The van der Waals surface area contributed by atoms with Crippen LogP contribution in [0, 0.1) is 0 Å². The van der Waals surface area contributed by atoms with Crippen LogP contribution in [-0.2, 0) is 4.79 Å². The molecular formula is C12H14N2O2. The minimum Gasteiger partial charge on any atom is -0.321 e. The normalized spacial score (nSPS) is 19.7. The summed E-state index contributed by atoms with van der Waals surface area (Å²) in [5.74, 6) is -0.0973. The summed E-state index contributed by atoms with van der Waals surface area (Å²) in [6.07, 6.45) is -0.236. The molecule has 0 radical (unpaired) electrons. The van der Waals surface area contributed by atoms with Crippen molar-refractivity contribution in [2.24, 2.45) is 0 Å². The number of nitrogens with zero attached hydrogens (tertiary/aromatic N) is 2. The van der Waals surface area contributed by atoms with Gasteiger partial charge < -0.3 is 4.90 Å². The fourth-order valence-electron chi connectivity index (χ4n) is 2.03. The molecule has 0 spiro atoms. The Bertz CT molecular complexity index is 456. The Balaban J connectivity index is 2.61. The topological polar surface area (TPSA) is 40.6 Å². The van der Waals surface area contributed by atoms with Crippen molar-refractivity contribution in [3.63, 3.8) is 0 Å². The van der Waals surface area contributed by atoms with E-state index in [4.69, 9.17) is 0 Å². The van der Waals surface area contributed by atoms with E-state index in [9.17, 15) is 9.59 Å². The molecule has 0 bridgehead atoms. The van der Waals surface area contributed by atoms with Gasteiger partial charge in [-0.05, 0) is 19.1 Å². The Morgan fingerprint density at radius 2 is 1.94 bits per heavy atom. The summed E-state index contributed by atoms with van der Waals surface area (Å²) in [6, 6.07) is 7.19. The van der Waals surface area contributed by atoms with Crippen LogP contribution >= 0.6 is 0 Å². The summed E-state index contributed by atoms with van der Waals surface area (Å²) in [5.41, 5.74) is 1.28. The Labute approximate surface area is 94.5 Å². The average molecular weight is 218 g/mol. The lowest BCUT2D eigenvalue weighted by molar-refractivity contribution is -0.117. The number of carbonyl (C=O) groups is 2. The average Bonchev–Trinajstić information content (AvgIpc) is 2.26. The fraction of sp³-hybridized carbons (Fsp3) is 0.333. The molecule has 0 aromatic heterocycles. The lowest BCUT2D eigenvalue weighted by Gasteiger charge is -2.40. The van der Waals surface area contributed by atoms with Crippen molar-refractivity contribution in [2.45, 2.75) is 20.0 Å². The SMILES string of the molecule is CC(=O)N1c2ccccc2C(=O)N(C)C1C. The highest BCUT2D eigenvalue weighted by molar-refractivity contribution is 6.07. The minimum atomic E-state index is -0.236. The van der Waals surface area contributed by atoms with Gasteiger partial charge in [0.1, 0.15) is 6.17 Å². The van der Waals surface area contributed by atoms with E-state index in [-0.39, 0.29) is 18.0 Å². The predicted octanol–water partition coefficient (Wildman–Crippen LogP) is 1.47. The molecule has 0 fully saturated rings. The van der Waals surface area contributed by atoms with Crippen LogP contribution in [0.15, 0.2) is 24.3 Å². The molecule has 4 heteroatoms. The number of hydrogen-bond acceptors (Lipinski definition) is 2. The second-order valence-corrected chi connectivity index (χ2v) is 3.95. The van der Waals surface area contributed by atoms with Crippen LogP contribution < -0.4 is 4.90 Å². The molecular weight excluding hydrogens is 204 g/mol. The molecule has 1 aliphatic heterocycles. The van der Waals surface area contributed by atoms with Gasteiger partial charge in [0.25, 0.3) is 5.91 Å². The van der Waals surface area contributed by atoms with Crippen molar-refractivity contribution in [2.75, 3.05) is 11.9 Å². The van der Waals surface area contributed by atoms with Gasteiger partial charge in [0.2, 0.25) is 5.91 Å². The number of fused-ring (bicyclic) bond motifs is 1.